The minimum absolute atomic E-state index is 0.0402. The predicted octanol–water partition coefficient (Wildman–Crippen LogP) is 4.83. The molecule has 2 fully saturated rings. The summed E-state index contributed by atoms with van der Waals surface area (Å²) in [6.45, 7) is 3.03. The molecule has 1 aromatic carbocycles. The van der Waals surface area contributed by atoms with Gasteiger partial charge in [0.05, 0.1) is 24.9 Å². The number of unbranched alkanes of at least 4 members (excludes halogenated alkanes) is 2. The fraction of sp³-hybridized carbons (Fsp3) is 0.720. The van der Waals surface area contributed by atoms with Crippen LogP contribution in [0.5, 0.6) is 5.75 Å². The molecule has 3 rings (SSSR count). The minimum atomic E-state index is -3.75. The van der Waals surface area contributed by atoms with Crippen LogP contribution in [0.4, 0.5) is 8.78 Å². The van der Waals surface area contributed by atoms with Gasteiger partial charge >= 0.3 is 5.97 Å². The lowest BCUT2D eigenvalue weighted by atomic mass is 9.92. The number of methoxy groups -OCH3 is 1. The number of benzene rings is 1. The maximum Gasteiger partial charge on any atom is 0.309 e. The van der Waals surface area contributed by atoms with Gasteiger partial charge in [0.15, 0.2) is 9.84 Å². The van der Waals surface area contributed by atoms with Crippen molar-refractivity contribution < 1.29 is 31.5 Å². The zero-order chi connectivity index (χ0) is 24.8. The Balaban J connectivity index is 1.49. The number of nitrogens with one attached hydrogen (secondary N) is 1. The van der Waals surface area contributed by atoms with Crippen molar-refractivity contribution in [1.82, 2.24) is 5.32 Å². The molecule has 6 nitrogen and oxygen atoms in total. The number of hydrogen-bond donors (Lipinski definition) is 1. The largest absolute Gasteiger partial charge is 0.492 e. The Kier molecular flexibility index (Phi) is 9.32. The first kappa shape index (κ1) is 26.9. The summed E-state index contributed by atoms with van der Waals surface area (Å²) in [5.41, 5.74) is 0.896. The van der Waals surface area contributed by atoms with E-state index >= 15 is 0 Å². The second-order valence-corrected chi connectivity index (χ2v) is 11.7. The van der Waals surface area contributed by atoms with Crippen molar-refractivity contribution in [1.29, 1.82) is 0 Å². The number of aryl methyl sites for hydroxylation is 1. The molecule has 0 aliphatic heterocycles. The average molecular weight is 502 g/mol. The zero-order valence-corrected chi connectivity index (χ0v) is 21.0. The molecule has 0 saturated heterocycles. The van der Waals surface area contributed by atoms with Gasteiger partial charge in [-0.2, -0.15) is 0 Å². The highest BCUT2D eigenvalue weighted by Crippen LogP contribution is 2.38. The molecule has 0 aromatic heterocycles. The molecule has 2 saturated carbocycles. The van der Waals surface area contributed by atoms with Gasteiger partial charge in [0.2, 0.25) is 5.92 Å². The number of esters is 1. The highest BCUT2D eigenvalue weighted by Gasteiger charge is 2.44. The molecule has 1 aromatic rings. The Morgan fingerprint density at radius 2 is 1.85 bits per heavy atom. The summed E-state index contributed by atoms with van der Waals surface area (Å²) < 4.78 is 64.0. The Morgan fingerprint density at radius 1 is 1.12 bits per heavy atom. The molecule has 0 heterocycles. The van der Waals surface area contributed by atoms with Gasteiger partial charge in [0, 0.05) is 18.9 Å². The highest BCUT2D eigenvalue weighted by atomic mass is 32.2. The Morgan fingerprint density at radius 3 is 2.56 bits per heavy atom. The molecule has 2 unspecified atom stereocenters. The van der Waals surface area contributed by atoms with Crippen LogP contribution in [-0.2, 0) is 19.4 Å². The van der Waals surface area contributed by atoms with Crippen LogP contribution in [0.3, 0.4) is 0 Å². The first-order chi connectivity index (χ1) is 16.1. The molecule has 2 aliphatic rings. The second kappa shape index (κ2) is 11.8. The molecule has 0 bridgehead atoms. The molecule has 0 spiro atoms. The number of hydrogen-bond acceptors (Lipinski definition) is 6. The van der Waals surface area contributed by atoms with Gasteiger partial charge in [-0.3, -0.25) is 4.79 Å². The Labute approximate surface area is 201 Å². The number of halogens is 2. The smallest absolute Gasteiger partial charge is 0.309 e. The lowest BCUT2D eigenvalue weighted by molar-refractivity contribution is -0.145. The molecule has 192 valence electrons. The summed E-state index contributed by atoms with van der Waals surface area (Å²) in [7, 11) is -2.47. The van der Waals surface area contributed by atoms with Crippen LogP contribution in [0.1, 0.15) is 69.8 Å². The summed E-state index contributed by atoms with van der Waals surface area (Å²) >= 11 is 0. The van der Waals surface area contributed by atoms with E-state index in [2.05, 4.69) is 5.32 Å². The van der Waals surface area contributed by atoms with Crippen molar-refractivity contribution in [3.8, 4) is 5.75 Å². The van der Waals surface area contributed by atoms with Gasteiger partial charge in [0.1, 0.15) is 10.6 Å². The van der Waals surface area contributed by atoms with Crippen LogP contribution in [0.25, 0.3) is 0 Å². The van der Waals surface area contributed by atoms with Gasteiger partial charge in [-0.15, -0.1) is 0 Å². The summed E-state index contributed by atoms with van der Waals surface area (Å²) in [5, 5.41) is 2.57. The number of alkyl halides is 2. The first-order valence-corrected chi connectivity index (χ1v) is 13.8. The number of sulfone groups is 1. The molecule has 2 atom stereocenters. The van der Waals surface area contributed by atoms with Crippen LogP contribution in [-0.4, -0.2) is 51.9 Å². The summed E-state index contributed by atoms with van der Waals surface area (Å²) in [6.07, 6.45) is 5.10. The quantitative estimate of drug-likeness (QED) is 0.346. The number of rotatable bonds is 11. The summed E-state index contributed by atoms with van der Waals surface area (Å²) in [6, 6.07) is 5.22. The van der Waals surface area contributed by atoms with Crippen molar-refractivity contribution in [2.45, 2.75) is 93.2 Å². The normalized spacial score (nSPS) is 23.1. The summed E-state index contributed by atoms with van der Waals surface area (Å²) in [4.78, 5) is 12.2. The van der Waals surface area contributed by atoms with Crippen molar-refractivity contribution in [3.05, 3.63) is 23.8 Å². The summed E-state index contributed by atoms with van der Waals surface area (Å²) in [5.74, 6) is -3.30. The molecule has 34 heavy (non-hydrogen) atoms. The third-order valence-electron chi connectivity index (χ3n) is 6.99. The SMILES string of the molecule is COC(=O)C1CCCC1S(=O)(=O)c1ccc(C)cc1OCCCCCNC1CCC(F)(F)CC1. The standard InChI is InChI=1S/C25H37F2NO5S/c1-18-9-10-23(34(30,31)22-8-6-7-20(22)24(29)32-2)21(17-18)33-16-5-3-4-15-28-19-11-13-25(26,27)14-12-19/h9-10,17,19-20,22,28H,3-8,11-16H2,1-2H3. The molecule has 1 N–H and O–H groups in total. The van der Waals surface area contributed by atoms with Gasteiger partial charge in [0.25, 0.3) is 0 Å². The van der Waals surface area contributed by atoms with Crippen molar-refractivity contribution in [2.24, 2.45) is 5.92 Å². The molecule has 0 amide bonds. The van der Waals surface area contributed by atoms with Crippen LogP contribution in [0, 0.1) is 12.8 Å². The lowest BCUT2D eigenvalue weighted by Crippen LogP contribution is -2.37. The lowest BCUT2D eigenvalue weighted by Gasteiger charge is -2.28. The zero-order valence-electron chi connectivity index (χ0n) is 20.2. The number of carbonyl (C=O) groups excluding carboxylic acids is 1. The van der Waals surface area contributed by atoms with E-state index in [4.69, 9.17) is 9.47 Å². The van der Waals surface area contributed by atoms with Crippen LogP contribution < -0.4 is 10.1 Å². The van der Waals surface area contributed by atoms with Crippen LogP contribution >= 0.6 is 0 Å². The minimum Gasteiger partial charge on any atom is -0.492 e. The molecule has 0 radical (unpaired) electrons. The number of ether oxygens (including phenoxy) is 2. The van der Waals surface area contributed by atoms with E-state index in [9.17, 15) is 22.0 Å². The number of carbonyl (C=O) groups is 1. The fourth-order valence-electron chi connectivity index (χ4n) is 4.98. The second-order valence-electron chi connectivity index (χ2n) is 9.59. The van der Waals surface area contributed by atoms with E-state index in [1.54, 1.807) is 18.2 Å². The maximum absolute atomic E-state index is 13.4. The third-order valence-corrected chi connectivity index (χ3v) is 9.30. The van der Waals surface area contributed by atoms with Crippen LogP contribution in [0.15, 0.2) is 23.1 Å². The topological polar surface area (TPSA) is 81.7 Å². The van der Waals surface area contributed by atoms with Gasteiger partial charge in [-0.1, -0.05) is 12.5 Å². The van der Waals surface area contributed by atoms with Gasteiger partial charge in [-0.25, -0.2) is 17.2 Å². The first-order valence-electron chi connectivity index (χ1n) is 12.3. The monoisotopic (exact) mass is 501 g/mol. The van der Waals surface area contributed by atoms with Crippen molar-refractivity contribution in [3.63, 3.8) is 0 Å². The van der Waals surface area contributed by atoms with Crippen molar-refractivity contribution in [2.75, 3.05) is 20.3 Å². The molecular weight excluding hydrogens is 464 g/mol. The molecular formula is C25H37F2NO5S. The van der Waals surface area contributed by atoms with E-state index in [-0.39, 0.29) is 23.8 Å². The average Bonchev–Trinajstić information content (AvgIpc) is 3.30. The Hall–Kier alpha value is -1.74. The predicted molar refractivity (Wildman–Crippen MR) is 126 cm³/mol. The molecule has 2 aliphatic carbocycles. The van der Waals surface area contributed by atoms with Gasteiger partial charge < -0.3 is 14.8 Å². The van der Waals surface area contributed by atoms with E-state index in [0.29, 0.717) is 44.5 Å². The maximum atomic E-state index is 13.4. The van der Waals surface area contributed by atoms with Crippen molar-refractivity contribution >= 4 is 15.8 Å². The van der Waals surface area contributed by atoms with E-state index in [1.165, 1.54) is 7.11 Å². The van der Waals surface area contributed by atoms with E-state index < -0.39 is 32.9 Å². The third kappa shape index (κ3) is 6.90. The van der Waals surface area contributed by atoms with E-state index in [0.717, 1.165) is 31.4 Å². The van der Waals surface area contributed by atoms with E-state index in [1.807, 2.05) is 6.92 Å². The fourth-order valence-corrected chi connectivity index (χ4v) is 7.12. The van der Waals surface area contributed by atoms with Gasteiger partial charge in [-0.05, 0) is 76.1 Å². The molecule has 9 heteroatoms. The highest BCUT2D eigenvalue weighted by molar-refractivity contribution is 7.92. The van der Waals surface area contributed by atoms with Crippen LogP contribution in [0.2, 0.25) is 0 Å². The Bertz CT molecular complexity index is 927.